The Kier molecular flexibility index (Phi) is 2.88. The number of hydrogen-bond acceptors (Lipinski definition) is 2. The fraction of sp³-hybridized carbons (Fsp3) is 0.125. The first-order valence-corrected chi connectivity index (χ1v) is 6.22. The van der Waals surface area contributed by atoms with Gasteiger partial charge in [0.1, 0.15) is 6.61 Å². The predicted octanol–water partition coefficient (Wildman–Crippen LogP) is 3.76. The van der Waals surface area contributed by atoms with Crippen LogP contribution in [0.25, 0.3) is 10.9 Å². The van der Waals surface area contributed by atoms with Crippen LogP contribution < -0.4 is 4.74 Å². The number of aromatic amines is 1. The summed E-state index contributed by atoms with van der Waals surface area (Å²) in [6.07, 6.45) is 1.96. The van der Waals surface area contributed by atoms with E-state index in [1.165, 1.54) is 10.9 Å². The molecule has 0 saturated carbocycles. The molecule has 3 aromatic rings. The SMILES string of the molecule is Cc1cccc2[nH]cc(COc3ccccc3O)c12. The fourth-order valence-corrected chi connectivity index (χ4v) is 2.30. The zero-order chi connectivity index (χ0) is 13.2. The van der Waals surface area contributed by atoms with Gasteiger partial charge in [-0.3, -0.25) is 0 Å². The van der Waals surface area contributed by atoms with E-state index in [1.807, 2.05) is 24.4 Å². The van der Waals surface area contributed by atoms with E-state index >= 15 is 0 Å². The second kappa shape index (κ2) is 4.69. The Labute approximate surface area is 111 Å². The van der Waals surface area contributed by atoms with E-state index in [2.05, 4.69) is 18.0 Å². The van der Waals surface area contributed by atoms with Crippen LogP contribution in [0.2, 0.25) is 0 Å². The summed E-state index contributed by atoms with van der Waals surface area (Å²) in [6.45, 7) is 2.52. The maximum Gasteiger partial charge on any atom is 0.161 e. The lowest BCUT2D eigenvalue weighted by Gasteiger charge is -2.07. The zero-order valence-corrected chi connectivity index (χ0v) is 10.7. The smallest absolute Gasteiger partial charge is 0.161 e. The van der Waals surface area contributed by atoms with Crippen molar-refractivity contribution in [2.24, 2.45) is 0 Å². The highest BCUT2D eigenvalue weighted by Gasteiger charge is 2.07. The van der Waals surface area contributed by atoms with Crippen LogP contribution in [-0.4, -0.2) is 10.1 Å². The minimum absolute atomic E-state index is 0.166. The van der Waals surface area contributed by atoms with Crippen LogP contribution >= 0.6 is 0 Å². The van der Waals surface area contributed by atoms with Gasteiger partial charge >= 0.3 is 0 Å². The molecule has 19 heavy (non-hydrogen) atoms. The molecule has 0 fully saturated rings. The van der Waals surface area contributed by atoms with Gasteiger partial charge in [0.15, 0.2) is 11.5 Å². The third kappa shape index (κ3) is 2.15. The molecule has 2 aromatic carbocycles. The van der Waals surface area contributed by atoms with Gasteiger partial charge in [0.2, 0.25) is 0 Å². The number of H-pyrrole nitrogens is 1. The van der Waals surface area contributed by atoms with Gasteiger partial charge in [-0.1, -0.05) is 24.3 Å². The predicted molar refractivity (Wildman–Crippen MR) is 75.5 cm³/mol. The maximum absolute atomic E-state index is 9.67. The van der Waals surface area contributed by atoms with Crippen molar-refractivity contribution >= 4 is 10.9 Å². The second-order valence-corrected chi connectivity index (χ2v) is 4.57. The van der Waals surface area contributed by atoms with Crippen molar-refractivity contribution in [3.05, 3.63) is 59.8 Å². The van der Waals surface area contributed by atoms with Gasteiger partial charge in [0, 0.05) is 22.7 Å². The Bertz CT molecular complexity index is 716. The number of nitrogens with one attached hydrogen (secondary N) is 1. The molecule has 1 heterocycles. The molecule has 3 rings (SSSR count). The number of para-hydroxylation sites is 2. The van der Waals surface area contributed by atoms with Crippen LogP contribution in [0.3, 0.4) is 0 Å². The standard InChI is InChI=1S/C16H15NO2/c1-11-5-4-6-13-16(11)12(9-17-13)10-19-15-8-3-2-7-14(15)18/h2-9,17-18H,10H2,1H3. The number of phenols is 1. The molecule has 1 aromatic heterocycles. The van der Waals surface area contributed by atoms with Gasteiger partial charge in [0.05, 0.1) is 0 Å². The van der Waals surface area contributed by atoms with Crippen molar-refractivity contribution in [1.29, 1.82) is 0 Å². The van der Waals surface area contributed by atoms with Crippen molar-refractivity contribution < 1.29 is 9.84 Å². The van der Waals surface area contributed by atoms with Crippen LogP contribution in [0.5, 0.6) is 11.5 Å². The van der Waals surface area contributed by atoms with E-state index in [0.29, 0.717) is 12.4 Å². The Morgan fingerprint density at radius 1 is 1.11 bits per heavy atom. The first-order valence-electron chi connectivity index (χ1n) is 6.22. The number of fused-ring (bicyclic) bond motifs is 1. The van der Waals surface area contributed by atoms with Crippen LogP contribution in [0.1, 0.15) is 11.1 Å². The average Bonchev–Trinajstić information content (AvgIpc) is 2.83. The third-order valence-electron chi connectivity index (χ3n) is 3.24. The van der Waals surface area contributed by atoms with Gasteiger partial charge in [-0.25, -0.2) is 0 Å². The monoisotopic (exact) mass is 253 g/mol. The first-order chi connectivity index (χ1) is 9.25. The van der Waals surface area contributed by atoms with E-state index < -0.39 is 0 Å². The molecule has 0 aliphatic rings. The molecule has 0 saturated heterocycles. The number of rotatable bonds is 3. The number of phenolic OH excluding ortho intramolecular Hbond substituents is 1. The van der Waals surface area contributed by atoms with E-state index in [-0.39, 0.29) is 5.75 Å². The molecule has 0 aliphatic heterocycles. The Balaban J connectivity index is 1.89. The lowest BCUT2D eigenvalue weighted by Crippen LogP contribution is -1.95. The second-order valence-electron chi connectivity index (χ2n) is 4.57. The molecule has 3 nitrogen and oxygen atoms in total. The van der Waals surface area contributed by atoms with Gasteiger partial charge in [-0.05, 0) is 30.7 Å². The summed E-state index contributed by atoms with van der Waals surface area (Å²) in [4.78, 5) is 3.24. The molecule has 0 radical (unpaired) electrons. The van der Waals surface area contributed by atoms with E-state index in [9.17, 15) is 5.11 Å². The van der Waals surface area contributed by atoms with Crippen molar-refractivity contribution in [3.8, 4) is 11.5 Å². The molecular weight excluding hydrogens is 238 g/mol. The lowest BCUT2D eigenvalue weighted by molar-refractivity contribution is 0.290. The van der Waals surface area contributed by atoms with Gasteiger partial charge in [0.25, 0.3) is 0 Å². The summed E-state index contributed by atoms with van der Waals surface area (Å²) in [6, 6.07) is 13.2. The fourth-order valence-electron chi connectivity index (χ4n) is 2.30. The molecular formula is C16H15NO2. The maximum atomic E-state index is 9.67. The zero-order valence-electron chi connectivity index (χ0n) is 10.7. The minimum atomic E-state index is 0.166. The molecule has 0 spiro atoms. The molecule has 2 N–H and O–H groups in total. The van der Waals surface area contributed by atoms with Crippen LogP contribution in [0.4, 0.5) is 0 Å². The number of aryl methyl sites for hydroxylation is 1. The molecule has 0 aliphatic carbocycles. The third-order valence-corrected chi connectivity index (χ3v) is 3.24. The number of aromatic hydroxyl groups is 1. The quantitative estimate of drug-likeness (QED) is 0.746. The van der Waals surface area contributed by atoms with Crippen molar-refractivity contribution in [1.82, 2.24) is 4.98 Å². The Hall–Kier alpha value is -2.42. The normalized spacial score (nSPS) is 10.8. The molecule has 0 amide bonds. The van der Waals surface area contributed by atoms with Crippen LogP contribution in [-0.2, 0) is 6.61 Å². The Morgan fingerprint density at radius 3 is 2.79 bits per heavy atom. The van der Waals surface area contributed by atoms with Gasteiger partial charge < -0.3 is 14.8 Å². The topological polar surface area (TPSA) is 45.2 Å². The number of ether oxygens (including phenoxy) is 1. The molecule has 0 atom stereocenters. The average molecular weight is 253 g/mol. The van der Waals surface area contributed by atoms with Crippen molar-refractivity contribution in [2.75, 3.05) is 0 Å². The number of benzene rings is 2. The first kappa shape index (κ1) is 11.7. The van der Waals surface area contributed by atoms with Gasteiger partial charge in [-0.2, -0.15) is 0 Å². The summed E-state index contributed by atoms with van der Waals surface area (Å²) in [5, 5.41) is 10.9. The lowest BCUT2D eigenvalue weighted by atomic mass is 10.1. The highest BCUT2D eigenvalue weighted by atomic mass is 16.5. The molecule has 96 valence electrons. The van der Waals surface area contributed by atoms with Crippen LogP contribution in [0.15, 0.2) is 48.7 Å². The summed E-state index contributed by atoms with van der Waals surface area (Å²) in [5.74, 6) is 0.671. The summed E-state index contributed by atoms with van der Waals surface area (Å²) >= 11 is 0. The number of aromatic nitrogens is 1. The van der Waals surface area contributed by atoms with Crippen molar-refractivity contribution in [3.63, 3.8) is 0 Å². The molecule has 3 heteroatoms. The van der Waals surface area contributed by atoms with E-state index in [0.717, 1.165) is 11.1 Å². The van der Waals surface area contributed by atoms with Gasteiger partial charge in [-0.15, -0.1) is 0 Å². The highest BCUT2D eigenvalue weighted by Crippen LogP contribution is 2.27. The van der Waals surface area contributed by atoms with E-state index in [1.54, 1.807) is 18.2 Å². The molecule has 0 bridgehead atoms. The summed E-state index contributed by atoms with van der Waals surface area (Å²) in [7, 11) is 0. The Morgan fingerprint density at radius 2 is 1.95 bits per heavy atom. The largest absolute Gasteiger partial charge is 0.504 e. The summed E-state index contributed by atoms with van der Waals surface area (Å²) < 4.78 is 5.67. The minimum Gasteiger partial charge on any atom is -0.504 e. The van der Waals surface area contributed by atoms with E-state index in [4.69, 9.17) is 4.74 Å². The van der Waals surface area contributed by atoms with Crippen molar-refractivity contribution in [2.45, 2.75) is 13.5 Å². The number of hydrogen-bond donors (Lipinski definition) is 2. The molecule has 0 unspecified atom stereocenters. The van der Waals surface area contributed by atoms with Crippen LogP contribution in [0, 0.1) is 6.92 Å². The summed E-state index contributed by atoms with van der Waals surface area (Å²) in [5.41, 5.74) is 3.42. The highest BCUT2D eigenvalue weighted by molar-refractivity contribution is 5.86.